The van der Waals surface area contributed by atoms with Crippen LogP contribution in [0.5, 0.6) is 0 Å². The van der Waals surface area contributed by atoms with Gasteiger partial charge in [-0.2, -0.15) is 0 Å². The van der Waals surface area contributed by atoms with E-state index in [1.807, 2.05) is 7.05 Å². The Labute approximate surface area is 85.0 Å². The summed E-state index contributed by atoms with van der Waals surface area (Å²) in [6.07, 6.45) is 2.58. The molecule has 14 heavy (non-hydrogen) atoms. The van der Waals surface area contributed by atoms with Crippen molar-refractivity contribution in [3.8, 4) is 0 Å². The maximum atomic E-state index is 4.59. The maximum Gasteiger partial charge on any atom is 0.133 e. The Morgan fingerprint density at radius 2 is 2.07 bits per heavy atom. The molecule has 2 rings (SSSR count). The first-order valence-corrected chi connectivity index (χ1v) is 5.27. The Bertz CT molecular complexity index is 309. The van der Waals surface area contributed by atoms with Crippen LogP contribution in [0.1, 0.15) is 50.0 Å². The number of anilines is 1. The predicted octanol–water partition coefficient (Wildman–Crippen LogP) is 2.52. The van der Waals surface area contributed by atoms with Crippen molar-refractivity contribution in [2.45, 2.75) is 38.5 Å². The highest BCUT2D eigenvalue weighted by molar-refractivity contribution is 5.37. The Hall–Kier alpha value is -1.12. The van der Waals surface area contributed by atoms with E-state index < -0.39 is 0 Å². The van der Waals surface area contributed by atoms with Crippen LogP contribution in [0.15, 0.2) is 6.07 Å². The van der Waals surface area contributed by atoms with Crippen LogP contribution in [0, 0.1) is 0 Å². The summed E-state index contributed by atoms with van der Waals surface area (Å²) in [6, 6.07) is 2.07. The molecule has 0 aromatic carbocycles. The minimum Gasteiger partial charge on any atom is -0.373 e. The smallest absolute Gasteiger partial charge is 0.133 e. The van der Waals surface area contributed by atoms with Gasteiger partial charge in [-0.05, 0) is 12.8 Å². The number of nitrogens with zero attached hydrogens (tertiary/aromatic N) is 2. The molecule has 1 saturated carbocycles. The monoisotopic (exact) mass is 191 g/mol. The second kappa shape index (κ2) is 3.56. The maximum absolute atomic E-state index is 4.59. The second-order valence-corrected chi connectivity index (χ2v) is 4.22. The fraction of sp³-hybridized carbons (Fsp3) is 0.636. The predicted molar refractivity (Wildman–Crippen MR) is 57.6 cm³/mol. The van der Waals surface area contributed by atoms with Gasteiger partial charge in [-0.25, -0.2) is 9.97 Å². The van der Waals surface area contributed by atoms with Gasteiger partial charge < -0.3 is 5.32 Å². The highest BCUT2D eigenvalue weighted by Crippen LogP contribution is 2.39. The van der Waals surface area contributed by atoms with E-state index in [2.05, 4.69) is 35.2 Å². The van der Waals surface area contributed by atoms with Gasteiger partial charge in [0.15, 0.2) is 0 Å². The summed E-state index contributed by atoms with van der Waals surface area (Å²) in [6.45, 7) is 4.26. The molecule has 3 nitrogen and oxygen atoms in total. The minimum atomic E-state index is 0.404. The van der Waals surface area contributed by atoms with Gasteiger partial charge >= 0.3 is 0 Å². The summed E-state index contributed by atoms with van der Waals surface area (Å²) in [4.78, 5) is 9.03. The van der Waals surface area contributed by atoms with E-state index in [1.54, 1.807) is 0 Å². The second-order valence-electron chi connectivity index (χ2n) is 4.22. The van der Waals surface area contributed by atoms with E-state index >= 15 is 0 Å². The SMILES string of the molecule is CNc1cc(C2CC2)nc(C(C)C)n1. The van der Waals surface area contributed by atoms with E-state index in [0.717, 1.165) is 11.6 Å². The third kappa shape index (κ3) is 1.86. The molecule has 1 N–H and O–H groups in total. The summed E-state index contributed by atoms with van der Waals surface area (Å²) in [5.74, 6) is 3.01. The Kier molecular flexibility index (Phi) is 2.40. The molecule has 1 aromatic rings. The summed E-state index contributed by atoms with van der Waals surface area (Å²) >= 11 is 0. The first-order valence-electron chi connectivity index (χ1n) is 5.27. The van der Waals surface area contributed by atoms with E-state index in [9.17, 15) is 0 Å². The fourth-order valence-corrected chi connectivity index (χ4v) is 1.46. The van der Waals surface area contributed by atoms with Gasteiger partial charge in [-0.1, -0.05) is 13.8 Å². The molecule has 0 aliphatic heterocycles. The lowest BCUT2D eigenvalue weighted by atomic mass is 10.2. The molecule has 0 bridgehead atoms. The molecule has 3 heteroatoms. The Morgan fingerprint density at radius 3 is 2.57 bits per heavy atom. The minimum absolute atomic E-state index is 0.404. The van der Waals surface area contributed by atoms with E-state index in [-0.39, 0.29) is 0 Å². The third-order valence-electron chi connectivity index (χ3n) is 2.53. The van der Waals surface area contributed by atoms with Gasteiger partial charge in [0.25, 0.3) is 0 Å². The van der Waals surface area contributed by atoms with Crippen molar-refractivity contribution in [3.05, 3.63) is 17.6 Å². The van der Waals surface area contributed by atoms with Crippen LogP contribution in [-0.2, 0) is 0 Å². The molecule has 0 radical (unpaired) electrons. The highest BCUT2D eigenvalue weighted by Gasteiger charge is 2.26. The molecule has 1 aliphatic rings. The van der Waals surface area contributed by atoms with Crippen LogP contribution in [0.4, 0.5) is 5.82 Å². The van der Waals surface area contributed by atoms with Gasteiger partial charge in [-0.3, -0.25) is 0 Å². The van der Waals surface area contributed by atoms with Crippen molar-refractivity contribution in [3.63, 3.8) is 0 Å². The molecule has 0 unspecified atom stereocenters. The number of rotatable bonds is 3. The Balaban J connectivity index is 2.35. The van der Waals surface area contributed by atoms with Gasteiger partial charge in [-0.15, -0.1) is 0 Å². The molecule has 1 aliphatic carbocycles. The van der Waals surface area contributed by atoms with Crippen molar-refractivity contribution in [2.75, 3.05) is 12.4 Å². The molecule has 1 aromatic heterocycles. The lowest BCUT2D eigenvalue weighted by molar-refractivity contribution is 0.759. The molecule has 76 valence electrons. The van der Waals surface area contributed by atoms with Crippen molar-refractivity contribution in [1.29, 1.82) is 0 Å². The van der Waals surface area contributed by atoms with Gasteiger partial charge in [0, 0.05) is 30.6 Å². The van der Waals surface area contributed by atoms with Crippen molar-refractivity contribution in [1.82, 2.24) is 9.97 Å². The van der Waals surface area contributed by atoms with E-state index in [0.29, 0.717) is 11.8 Å². The average molecular weight is 191 g/mol. The summed E-state index contributed by atoms with van der Waals surface area (Å²) in [7, 11) is 1.91. The molecular weight excluding hydrogens is 174 g/mol. The highest BCUT2D eigenvalue weighted by atomic mass is 15.0. The van der Waals surface area contributed by atoms with Crippen LogP contribution in [0.2, 0.25) is 0 Å². The largest absolute Gasteiger partial charge is 0.373 e. The van der Waals surface area contributed by atoms with Crippen molar-refractivity contribution in [2.24, 2.45) is 0 Å². The van der Waals surface area contributed by atoms with E-state index in [1.165, 1.54) is 18.5 Å². The quantitative estimate of drug-likeness (QED) is 0.797. The first kappa shape index (κ1) is 9.44. The number of hydrogen-bond acceptors (Lipinski definition) is 3. The standard InChI is InChI=1S/C11H17N3/c1-7(2)11-13-9(8-4-5-8)6-10(12-3)14-11/h6-8H,4-5H2,1-3H3,(H,12,13,14). The molecule has 1 fully saturated rings. The molecular formula is C11H17N3. The van der Waals surface area contributed by atoms with E-state index in [4.69, 9.17) is 0 Å². The number of hydrogen-bond donors (Lipinski definition) is 1. The molecule has 0 atom stereocenters. The number of nitrogens with one attached hydrogen (secondary N) is 1. The molecule has 1 heterocycles. The van der Waals surface area contributed by atoms with Crippen LogP contribution < -0.4 is 5.32 Å². The molecule has 0 amide bonds. The zero-order valence-corrected chi connectivity index (χ0v) is 9.04. The summed E-state index contributed by atoms with van der Waals surface area (Å²) < 4.78 is 0. The van der Waals surface area contributed by atoms with Crippen LogP contribution >= 0.6 is 0 Å². The topological polar surface area (TPSA) is 37.8 Å². The number of aromatic nitrogens is 2. The molecule has 0 saturated heterocycles. The summed E-state index contributed by atoms with van der Waals surface area (Å²) in [5, 5.41) is 3.09. The zero-order chi connectivity index (χ0) is 10.1. The van der Waals surface area contributed by atoms with Crippen LogP contribution in [0.3, 0.4) is 0 Å². The fourth-order valence-electron chi connectivity index (χ4n) is 1.46. The zero-order valence-electron chi connectivity index (χ0n) is 9.04. The third-order valence-corrected chi connectivity index (χ3v) is 2.53. The summed E-state index contributed by atoms with van der Waals surface area (Å²) in [5.41, 5.74) is 1.22. The van der Waals surface area contributed by atoms with Gasteiger partial charge in [0.2, 0.25) is 0 Å². The van der Waals surface area contributed by atoms with Crippen LogP contribution in [0.25, 0.3) is 0 Å². The average Bonchev–Trinajstić information content (AvgIpc) is 3.00. The van der Waals surface area contributed by atoms with Gasteiger partial charge in [0.05, 0.1) is 0 Å². The lowest BCUT2D eigenvalue weighted by Gasteiger charge is -2.09. The normalized spacial score (nSPS) is 16.0. The van der Waals surface area contributed by atoms with Crippen molar-refractivity contribution >= 4 is 5.82 Å². The first-order chi connectivity index (χ1) is 6.70. The molecule has 0 spiro atoms. The van der Waals surface area contributed by atoms with Gasteiger partial charge in [0.1, 0.15) is 11.6 Å². The lowest BCUT2D eigenvalue weighted by Crippen LogP contribution is -2.04. The van der Waals surface area contributed by atoms with Crippen LogP contribution in [-0.4, -0.2) is 17.0 Å². The van der Waals surface area contributed by atoms with Crippen molar-refractivity contribution < 1.29 is 0 Å². The Morgan fingerprint density at radius 1 is 1.36 bits per heavy atom.